The van der Waals surface area contributed by atoms with Gasteiger partial charge in [-0.1, -0.05) is 48.5 Å². The maximum Gasteiger partial charge on any atom is 0.236 e. The molecule has 0 saturated carbocycles. The highest BCUT2D eigenvalue weighted by Crippen LogP contribution is 2.46. The molecule has 2 heterocycles. The molecule has 0 aliphatic carbocycles. The molecule has 2 aromatic rings. The zero-order valence-corrected chi connectivity index (χ0v) is 11.1. The second-order valence-corrected chi connectivity index (χ2v) is 5.63. The standard InChI is InChI=1S/C17H16N2O/c20-16-17(13-8-4-5-9-14(13)19-16)10-15(18-11-17)12-6-2-1-3-7-12/h1-9,15,18H,10-11H2,(H,19,20)/t15-,17-/m1/s1. The normalized spacial score (nSPS) is 27.6. The largest absolute Gasteiger partial charge is 0.325 e. The minimum Gasteiger partial charge on any atom is -0.325 e. The highest BCUT2D eigenvalue weighted by atomic mass is 16.2. The number of benzene rings is 2. The van der Waals surface area contributed by atoms with Crippen LogP contribution in [0.1, 0.15) is 23.6 Å². The fourth-order valence-electron chi connectivity index (χ4n) is 3.46. The second kappa shape index (κ2) is 4.18. The van der Waals surface area contributed by atoms with Crippen molar-refractivity contribution in [3.8, 4) is 0 Å². The second-order valence-electron chi connectivity index (χ2n) is 5.63. The topological polar surface area (TPSA) is 41.1 Å². The molecule has 100 valence electrons. The van der Waals surface area contributed by atoms with E-state index < -0.39 is 5.41 Å². The molecule has 0 aromatic heterocycles. The molecule has 3 nitrogen and oxygen atoms in total. The Morgan fingerprint density at radius 3 is 2.60 bits per heavy atom. The molecule has 0 unspecified atom stereocenters. The summed E-state index contributed by atoms with van der Waals surface area (Å²) in [6, 6.07) is 18.6. The van der Waals surface area contributed by atoms with Gasteiger partial charge in [0.15, 0.2) is 0 Å². The lowest BCUT2D eigenvalue weighted by Gasteiger charge is -2.20. The van der Waals surface area contributed by atoms with Crippen LogP contribution in [-0.2, 0) is 10.2 Å². The lowest BCUT2D eigenvalue weighted by Crippen LogP contribution is -2.36. The number of anilines is 1. The SMILES string of the molecule is O=C1Nc2ccccc2[C@@]12CN[C@@H](c1ccccc1)C2. The third-order valence-corrected chi connectivity index (χ3v) is 4.53. The van der Waals surface area contributed by atoms with Crippen molar-refractivity contribution >= 4 is 11.6 Å². The smallest absolute Gasteiger partial charge is 0.236 e. The van der Waals surface area contributed by atoms with Crippen molar-refractivity contribution in [3.05, 3.63) is 65.7 Å². The molecule has 1 amide bonds. The number of fused-ring (bicyclic) bond motifs is 2. The van der Waals surface area contributed by atoms with Crippen LogP contribution in [0.2, 0.25) is 0 Å². The maximum atomic E-state index is 12.5. The molecule has 2 aliphatic rings. The van der Waals surface area contributed by atoms with Crippen molar-refractivity contribution in [1.29, 1.82) is 0 Å². The van der Waals surface area contributed by atoms with Crippen LogP contribution in [0.5, 0.6) is 0 Å². The first-order valence-corrected chi connectivity index (χ1v) is 6.99. The molecular weight excluding hydrogens is 248 g/mol. The molecule has 20 heavy (non-hydrogen) atoms. The van der Waals surface area contributed by atoms with E-state index >= 15 is 0 Å². The number of hydrogen-bond donors (Lipinski definition) is 2. The summed E-state index contributed by atoms with van der Waals surface area (Å²) < 4.78 is 0. The van der Waals surface area contributed by atoms with Crippen LogP contribution in [0.4, 0.5) is 5.69 Å². The summed E-state index contributed by atoms with van der Waals surface area (Å²) in [7, 11) is 0. The molecule has 1 spiro atoms. The summed E-state index contributed by atoms with van der Waals surface area (Å²) in [5.74, 6) is 0.129. The molecule has 2 N–H and O–H groups in total. The molecule has 2 aromatic carbocycles. The predicted octanol–water partition coefficient (Wildman–Crippen LogP) is 2.61. The summed E-state index contributed by atoms with van der Waals surface area (Å²) in [6.07, 6.45) is 0.819. The monoisotopic (exact) mass is 264 g/mol. The van der Waals surface area contributed by atoms with Gasteiger partial charge in [-0.15, -0.1) is 0 Å². The van der Waals surface area contributed by atoms with E-state index in [0.29, 0.717) is 6.54 Å². The van der Waals surface area contributed by atoms with Gasteiger partial charge in [0, 0.05) is 18.3 Å². The molecule has 2 atom stereocenters. The van der Waals surface area contributed by atoms with E-state index in [9.17, 15) is 4.79 Å². The maximum absolute atomic E-state index is 12.5. The van der Waals surface area contributed by atoms with Gasteiger partial charge >= 0.3 is 0 Å². The van der Waals surface area contributed by atoms with Gasteiger partial charge in [-0.3, -0.25) is 4.79 Å². The number of para-hydroxylation sites is 1. The van der Waals surface area contributed by atoms with Crippen molar-refractivity contribution in [2.24, 2.45) is 0 Å². The lowest BCUT2D eigenvalue weighted by atomic mass is 9.79. The van der Waals surface area contributed by atoms with Crippen LogP contribution in [0, 0.1) is 0 Å². The Kier molecular flexibility index (Phi) is 2.44. The number of amides is 1. The van der Waals surface area contributed by atoms with E-state index in [1.165, 1.54) is 5.56 Å². The zero-order chi connectivity index (χ0) is 13.6. The van der Waals surface area contributed by atoms with Crippen molar-refractivity contribution in [1.82, 2.24) is 5.32 Å². The first-order chi connectivity index (χ1) is 9.79. The average molecular weight is 264 g/mol. The Hall–Kier alpha value is -2.13. The van der Waals surface area contributed by atoms with Crippen LogP contribution in [-0.4, -0.2) is 12.5 Å². The van der Waals surface area contributed by atoms with Crippen molar-refractivity contribution < 1.29 is 4.79 Å². The van der Waals surface area contributed by atoms with Crippen LogP contribution in [0.15, 0.2) is 54.6 Å². The van der Waals surface area contributed by atoms with Gasteiger partial charge in [-0.2, -0.15) is 0 Å². The van der Waals surface area contributed by atoms with Crippen LogP contribution >= 0.6 is 0 Å². The first-order valence-electron chi connectivity index (χ1n) is 6.99. The van der Waals surface area contributed by atoms with Gasteiger partial charge in [0.05, 0.1) is 5.41 Å². The summed E-state index contributed by atoms with van der Waals surface area (Å²) >= 11 is 0. The fourth-order valence-corrected chi connectivity index (χ4v) is 3.46. The summed E-state index contributed by atoms with van der Waals surface area (Å²) in [5.41, 5.74) is 2.95. The molecule has 2 aliphatic heterocycles. The van der Waals surface area contributed by atoms with Crippen LogP contribution < -0.4 is 10.6 Å². The minimum absolute atomic E-state index is 0.129. The molecule has 3 heteroatoms. The Morgan fingerprint density at radius 1 is 1.00 bits per heavy atom. The highest BCUT2D eigenvalue weighted by Gasteiger charge is 2.51. The van der Waals surface area contributed by atoms with Crippen molar-refractivity contribution in [2.45, 2.75) is 17.9 Å². The number of carbonyl (C=O) groups excluding carboxylic acids is 1. The fraction of sp³-hybridized carbons (Fsp3) is 0.235. The van der Waals surface area contributed by atoms with Gasteiger partial charge in [-0.25, -0.2) is 0 Å². The van der Waals surface area contributed by atoms with Crippen molar-refractivity contribution in [3.63, 3.8) is 0 Å². The molecule has 4 rings (SSSR count). The molecule has 1 saturated heterocycles. The number of carbonyl (C=O) groups is 1. The molecule has 0 radical (unpaired) electrons. The Balaban J connectivity index is 1.72. The van der Waals surface area contributed by atoms with E-state index in [0.717, 1.165) is 17.7 Å². The Bertz CT molecular complexity index is 668. The average Bonchev–Trinajstić information content (AvgIpc) is 3.05. The van der Waals surface area contributed by atoms with Gasteiger partial charge in [0.1, 0.15) is 0 Å². The van der Waals surface area contributed by atoms with Gasteiger partial charge in [-0.05, 0) is 23.6 Å². The molecule has 1 fully saturated rings. The number of hydrogen-bond acceptors (Lipinski definition) is 2. The van der Waals surface area contributed by atoms with E-state index in [4.69, 9.17) is 0 Å². The summed E-state index contributed by atoms with van der Waals surface area (Å²) in [5, 5.41) is 6.54. The summed E-state index contributed by atoms with van der Waals surface area (Å²) in [6.45, 7) is 0.704. The summed E-state index contributed by atoms with van der Waals surface area (Å²) in [4.78, 5) is 12.5. The number of nitrogens with one attached hydrogen (secondary N) is 2. The molecule has 0 bridgehead atoms. The first kappa shape index (κ1) is 11.7. The lowest BCUT2D eigenvalue weighted by molar-refractivity contribution is -0.120. The van der Waals surface area contributed by atoms with Gasteiger partial charge in [0.2, 0.25) is 5.91 Å². The highest BCUT2D eigenvalue weighted by molar-refractivity contribution is 6.06. The Labute approximate surface area is 118 Å². The Morgan fingerprint density at radius 2 is 1.75 bits per heavy atom. The van der Waals surface area contributed by atoms with E-state index in [2.05, 4.69) is 28.8 Å². The third-order valence-electron chi connectivity index (χ3n) is 4.53. The van der Waals surface area contributed by atoms with E-state index in [1.807, 2.05) is 36.4 Å². The van der Waals surface area contributed by atoms with Crippen molar-refractivity contribution in [2.75, 3.05) is 11.9 Å². The molecular formula is C17H16N2O. The van der Waals surface area contributed by atoms with Gasteiger partial charge < -0.3 is 10.6 Å². The quantitative estimate of drug-likeness (QED) is 0.831. The van der Waals surface area contributed by atoms with Crippen LogP contribution in [0.3, 0.4) is 0 Å². The van der Waals surface area contributed by atoms with Gasteiger partial charge in [0.25, 0.3) is 0 Å². The van der Waals surface area contributed by atoms with E-state index in [1.54, 1.807) is 0 Å². The van der Waals surface area contributed by atoms with E-state index in [-0.39, 0.29) is 11.9 Å². The number of rotatable bonds is 1. The third kappa shape index (κ3) is 1.53. The van der Waals surface area contributed by atoms with Crippen LogP contribution in [0.25, 0.3) is 0 Å². The predicted molar refractivity (Wildman–Crippen MR) is 78.6 cm³/mol. The zero-order valence-electron chi connectivity index (χ0n) is 11.1. The minimum atomic E-state index is -0.406.